The Balaban J connectivity index is 1.94. The summed E-state index contributed by atoms with van der Waals surface area (Å²) in [5, 5.41) is 8.83. The molecule has 1 N–H and O–H groups in total. The highest BCUT2D eigenvalue weighted by molar-refractivity contribution is 5.69. The first kappa shape index (κ1) is 12.1. The fourth-order valence-electron chi connectivity index (χ4n) is 2.66. The monoisotopic (exact) mass is 233 g/mol. The van der Waals surface area contributed by atoms with Gasteiger partial charge in [0, 0.05) is 6.04 Å². The van der Waals surface area contributed by atoms with E-state index in [1.807, 2.05) is 6.07 Å². The fourth-order valence-corrected chi connectivity index (χ4v) is 2.66. The van der Waals surface area contributed by atoms with Gasteiger partial charge in [-0.3, -0.25) is 9.69 Å². The van der Waals surface area contributed by atoms with Gasteiger partial charge in [-0.2, -0.15) is 0 Å². The van der Waals surface area contributed by atoms with Crippen molar-refractivity contribution in [2.45, 2.75) is 25.8 Å². The lowest BCUT2D eigenvalue weighted by atomic mass is 9.93. The molecule has 0 saturated carbocycles. The molecule has 92 valence electrons. The van der Waals surface area contributed by atoms with E-state index in [4.69, 9.17) is 5.11 Å². The summed E-state index contributed by atoms with van der Waals surface area (Å²) in [5.41, 5.74) is 1.35. The summed E-state index contributed by atoms with van der Waals surface area (Å²) < 4.78 is 0. The van der Waals surface area contributed by atoms with E-state index in [0.717, 1.165) is 19.4 Å². The van der Waals surface area contributed by atoms with Crippen LogP contribution in [0.3, 0.4) is 0 Å². The standard InChI is InChI=1S/C14H19NO2/c1-11-13(7-8-15(11)10-14(16)17)9-12-5-3-2-4-6-12/h2-6,11,13H,7-10H2,1H3,(H,16,17)/t11-,13-/m0/s1. The summed E-state index contributed by atoms with van der Waals surface area (Å²) in [5.74, 6) is -0.144. The number of carbonyl (C=O) groups is 1. The van der Waals surface area contributed by atoms with Crippen LogP contribution in [-0.4, -0.2) is 35.1 Å². The molecule has 0 spiro atoms. The van der Waals surface area contributed by atoms with Gasteiger partial charge < -0.3 is 5.11 Å². The van der Waals surface area contributed by atoms with Crippen LogP contribution in [0, 0.1) is 5.92 Å². The summed E-state index contributed by atoms with van der Waals surface area (Å²) in [6.07, 6.45) is 2.15. The maximum atomic E-state index is 10.7. The molecular formula is C14H19NO2. The van der Waals surface area contributed by atoms with Gasteiger partial charge in [0.15, 0.2) is 0 Å². The largest absolute Gasteiger partial charge is 0.480 e. The molecule has 1 fully saturated rings. The maximum Gasteiger partial charge on any atom is 0.317 e. The maximum absolute atomic E-state index is 10.7. The highest BCUT2D eigenvalue weighted by Gasteiger charge is 2.31. The van der Waals surface area contributed by atoms with Crippen molar-refractivity contribution in [2.75, 3.05) is 13.1 Å². The third-order valence-corrected chi connectivity index (χ3v) is 3.72. The molecule has 0 radical (unpaired) electrons. The third-order valence-electron chi connectivity index (χ3n) is 3.72. The molecule has 1 heterocycles. The summed E-state index contributed by atoms with van der Waals surface area (Å²) in [6, 6.07) is 10.8. The molecule has 2 atom stereocenters. The highest BCUT2D eigenvalue weighted by Crippen LogP contribution is 2.26. The van der Waals surface area contributed by atoms with E-state index in [2.05, 4.69) is 36.1 Å². The first-order chi connectivity index (χ1) is 8.16. The molecule has 0 amide bonds. The zero-order valence-corrected chi connectivity index (χ0v) is 10.2. The minimum absolute atomic E-state index is 0.173. The van der Waals surface area contributed by atoms with Crippen LogP contribution in [-0.2, 0) is 11.2 Å². The molecule has 3 heteroatoms. The Hall–Kier alpha value is -1.35. The number of rotatable bonds is 4. The van der Waals surface area contributed by atoms with Gasteiger partial charge in [0.2, 0.25) is 0 Å². The summed E-state index contributed by atoms with van der Waals surface area (Å²) in [4.78, 5) is 12.8. The van der Waals surface area contributed by atoms with E-state index >= 15 is 0 Å². The van der Waals surface area contributed by atoms with E-state index < -0.39 is 5.97 Å². The van der Waals surface area contributed by atoms with Gasteiger partial charge >= 0.3 is 5.97 Å². The van der Waals surface area contributed by atoms with Crippen LogP contribution in [0.25, 0.3) is 0 Å². The van der Waals surface area contributed by atoms with E-state index in [1.165, 1.54) is 5.56 Å². The first-order valence-electron chi connectivity index (χ1n) is 6.16. The van der Waals surface area contributed by atoms with Crippen LogP contribution in [0.5, 0.6) is 0 Å². The van der Waals surface area contributed by atoms with E-state index in [0.29, 0.717) is 12.0 Å². The number of carboxylic acid groups (broad SMARTS) is 1. The molecule has 3 nitrogen and oxygen atoms in total. The summed E-state index contributed by atoms with van der Waals surface area (Å²) in [6.45, 7) is 3.22. The zero-order chi connectivity index (χ0) is 12.3. The van der Waals surface area contributed by atoms with Crippen LogP contribution < -0.4 is 0 Å². The van der Waals surface area contributed by atoms with Gasteiger partial charge in [0.1, 0.15) is 0 Å². The lowest BCUT2D eigenvalue weighted by Gasteiger charge is -2.22. The molecule has 1 aromatic rings. The van der Waals surface area contributed by atoms with Crippen LogP contribution in [0.15, 0.2) is 30.3 Å². The van der Waals surface area contributed by atoms with E-state index in [-0.39, 0.29) is 6.54 Å². The third kappa shape index (κ3) is 3.07. The molecule has 17 heavy (non-hydrogen) atoms. The number of hydrogen-bond acceptors (Lipinski definition) is 2. The second kappa shape index (κ2) is 5.32. The number of carboxylic acids is 1. The molecule has 0 bridgehead atoms. The number of nitrogens with zero attached hydrogens (tertiary/aromatic N) is 1. The van der Waals surface area contributed by atoms with Crippen molar-refractivity contribution in [3.05, 3.63) is 35.9 Å². The fraction of sp³-hybridized carbons (Fsp3) is 0.500. The Labute approximate surface area is 102 Å². The Bertz CT molecular complexity index is 377. The smallest absolute Gasteiger partial charge is 0.317 e. The lowest BCUT2D eigenvalue weighted by molar-refractivity contribution is -0.138. The summed E-state index contributed by atoms with van der Waals surface area (Å²) >= 11 is 0. The van der Waals surface area contributed by atoms with Crippen molar-refractivity contribution in [1.29, 1.82) is 0 Å². The second-order valence-electron chi connectivity index (χ2n) is 4.84. The normalized spacial score (nSPS) is 25.0. The molecule has 1 aromatic carbocycles. The Morgan fingerprint density at radius 1 is 1.41 bits per heavy atom. The summed E-state index contributed by atoms with van der Waals surface area (Å²) in [7, 11) is 0. The molecule has 0 aliphatic carbocycles. The van der Waals surface area contributed by atoms with Crippen molar-refractivity contribution < 1.29 is 9.90 Å². The van der Waals surface area contributed by atoms with Crippen LogP contribution >= 0.6 is 0 Å². The van der Waals surface area contributed by atoms with Crippen molar-refractivity contribution in [3.8, 4) is 0 Å². The lowest BCUT2D eigenvalue weighted by Crippen LogP contribution is -2.35. The van der Waals surface area contributed by atoms with Crippen LogP contribution in [0.1, 0.15) is 18.9 Å². The number of hydrogen-bond donors (Lipinski definition) is 1. The molecule has 1 aliphatic rings. The average molecular weight is 233 g/mol. The Kier molecular flexibility index (Phi) is 3.79. The van der Waals surface area contributed by atoms with Crippen molar-refractivity contribution in [2.24, 2.45) is 5.92 Å². The number of likely N-dealkylation sites (tertiary alicyclic amines) is 1. The molecule has 0 unspecified atom stereocenters. The molecule has 1 aliphatic heterocycles. The SMILES string of the molecule is C[C@H]1[C@H](Cc2ccccc2)CCN1CC(=O)O. The molecular weight excluding hydrogens is 214 g/mol. The minimum atomic E-state index is -0.725. The highest BCUT2D eigenvalue weighted by atomic mass is 16.4. The van der Waals surface area contributed by atoms with Crippen molar-refractivity contribution in [1.82, 2.24) is 4.90 Å². The van der Waals surface area contributed by atoms with Crippen LogP contribution in [0.2, 0.25) is 0 Å². The van der Waals surface area contributed by atoms with E-state index in [1.54, 1.807) is 0 Å². The van der Waals surface area contributed by atoms with Crippen molar-refractivity contribution in [3.63, 3.8) is 0 Å². The molecule has 2 rings (SSSR count). The number of benzene rings is 1. The minimum Gasteiger partial charge on any atom is -0.480 e. The quantitative estimate of drug-likeness (QED) is 0.865. The van der Waals surface area contributed by atoms with Gasteiger partial charge in [0.25, 0.3) is 0 Å². The van der Waals surface area contributed by atoms with Gasteiger partial charge in [-0.25, -0.2) is 0 Å². The van der Waals surface area contributed by atoms with E-state index in [9.17, 15) is 4.79 Å². The predicted octanol–water partition coefficient (Wildman–Crippen LogP) is 2.02. The molecule has 0 aromatic heterocycles. The Morgan fingerprint density at radius 2 is 2.12 bits per heavy atom. The Morgan fingerprint density at radius 3 is 2.76 bits per heavy atom. The van der Waals surface area contributed by atoms with Gasteiger partial charge in [0.05, 0.1) is 6.54 Å². The van der Waals surface area contributed by atoms with Crippen molar-refractivity contribution >= 4 is 5.97 Å². The zero-order valence-electron chi connectivity index (χ0n) is 10.2. The van der Waals surface area contributed by atoms with Gasteiger partial charge in [-0.1, -0.05) is 30.3 Å². The van der Waals surface area contributed by atoms with Gasteiger partial charge in [-0.05, 0) is 37.8 Å². The first-order valence-corrected chi connectivity index (χ1v) is 6.16. The average Bonchev–Trinajstić information content (AvgIpc) is 2.62. The van der Waals surface area contributed by atoms with Crippen LogP contribution in [0.4, 0.5) is 0 Å². The second-order valence-corrected chi connectivity index (χ2v) is 4.84. The number of aliphatic carboxylic acids is 1. The predicted molar refractivity (Wildman–Crippen MR) is 66.9 cm³/mol. The topological polar surface area (TPSA) is 40.5 Å². The van der Waals surface area contributed by atoms with Gasteiger partial charge in [-0.15, -0.1) is 0 Å². The molecule has 1 saturated heterocycles.